The predicted molar refractivity (Wildman–Crippen MR) is 70.9 cm³/mol. The van der Waals surface area contributed by atoms with Crippen molar-refractivity contribution in [1.82, 2.24) is 0 Å². The van der Waals surface area contributed by atoms with Gasteiger partial charge in [0.2, 0.25) is 0 Å². The van der Waals surface area contributed by atoms with Crippen LogP contribution in [0.3, 0.4) is 0 Å². The van der Waals surface area contributed by atoms with Crippen LogP contribution in [0.4, 0.5) is 0 Å². The van der Waals surface area contributed by atoms with Crippen LogP contribution in [0.15, 0.2) is 27.0 Å². The third-order valence-electron chi connectivity index (χ3n) is 2.20. The Balaban J connectivity index is 2.31. The van der Waals surface area contributed by atoms with Gasteiger partial charge in [-0.1, -0.05) is 46.6 Å². The first-order chi connectivity index (χ1) is 7.99. The minimum atomic E-state index is -0.490. The molecule has 0 saturated carbocycles. The van der Waals surface area contributed by atoms with Gasteiger partial charge < -0.3 is 4.74 Å². The molecule has 0 aliphatic carbocycles. The maximum absolute atomic E-state index is 11.1. The molecule has 0 aromatic heterocycles. The zero-order valence-electron chi connectivity index (χ0n) is 8.72. The quantitative estimate of drug-likeness (QED) is 0.757. The minimum Gasteiger partial charge on any atom is -0.456 e. The van der Waals surface area contributed by atoms with Gasteiger partial charge in [0.05, 0.1) is 9.93 Å². The number of hydrogen-bond acceptors (Lipinski definition) is 3. The zero-order valence-corrected chi connectivity index (χ0v) is 11.8. The van der Waals surface area contributed by atoms with Crippen LogP contribution in [-0.4, -0.2) is 12.6 Å². The van der Waals surface area contributed by atoms with Crippen LogP contribution < -0.4 is 0 Å². The molecule has 1 aromatic carbocycles. The van der Waals surface area contributed by atoms with E-state index in [4.69, 9.17) is 39.5 Å². The SMILES string of the molecule is Cc1cc(SC2=C(Cl)C(=O)OC2)c(Cl)cc1Cl. The van der Waals surface area contributed by atoms with Crippen molar-refractivity contribution in [2.75, 3.05) is 6.61 Å². The molecule has 1 aromatic rings. The molecule has 0 radical (unpaired) electrons. The van der Waals surface area contributed by atoms with E-state index >= 15 is 0 Å². The fraction of sp³-hybridized carbons (Fsp3) is 0.182. The molecule has 0 bridgehead atoms. The number of rotatable bonds is 2. The second-order valence-corrected chi connectivity index (χ2v) is 5.78. The molecule has 1 aliphatic heterocycles. The number of carbonyl (C=O) groups is 1. The average molecular weight is 310 g/mol. The van der Waals surface area contributed by atoms with Crippen LogP contribution in [0.1, 0.15) is 5.56 Å². The zero-order chi connectivity index (χ0) is 12.6. The Morgan fingerprint density at radius 3 is 2.53 bits per heavy atom. The molecule has 0 saturated heterocycles. The van der Waals surface area contributed by atoms with Crippen LogP contribution in [0.2, 0.25) is 10.0 Å². The summed E-state index contributed by atoms with van der Waals surface area (Å²) in [5.74, 6) is -0.490. The van der Waals surface area contributed by atoms with E-state index in [0.717, 1.165) is 10.5 Å². The van der Waals surface area contributed by atoms with E-state index in [-0.39, 0.29) is 11.6 Å². The lowest BCUT2D eigenvalue weighted by Gasteiger charge is -2.06. The lowest BCUT2D eigenvalue weighted by molar-refractivity contribution is -0.135. The maximum Gasteiger partial charge on any atom is 0.351 e. The highest BCUT2D eigenvalue weighted by molar-refractivity contribution is 8.03. The number of halogens is 3. The van der Waals surface area contributed by atoms with E-state index in [2.05, 4.69) is 0 Å². The second-order valence-electron chi connectivity index (χ2n) is 3.45. The molecule has 6 heteroatoms. The van der Waals surface area contributed by atoms with E-state index in [1.165, 1.54) is 11.8 Å². The number of carbonyl (C=O) groups excluding carboxylic acids is 1. The van der Waals surface area contributed by atoms with Crippen LogP contribution in [0, 0.1) is 6.92 Å². The van der Waals surface area contributed by atoms with Gasteiger partial charge >= 0.3 is 5.97 Å². The first kappa shape index (κ1) is 13.1. The summed E-state index contributed by atoms with van der Waals surface area (Å²) in [4.78, 5) is 12.6. The monoisotopic (exact) mass is 308 g/mol. The van der Waals surface area contributed by atoms with Gasteiger partial charge in [-0.05, 0) is 24.6 Å². The van der Waals surface area contributed by atoms with Gasteiger partial charge in [0.1, 0.15) is 11.6 Å². The molecular weight excluding hydrogens is 303 g/mol. The molecule has 1 aliphatic rings. The Morgan fingerprint density at radius 1 is 1.24 bits per heavy atom. The van der Waals surface area contributed by atoms with E-state index in [0.29, 0.717) is 15.0 Å². The number of hydrogen-bond donors (Lipinski definition) is 0. The number of cyclic esters (lactones) is 1. The summed E-state index contributed by atoms with van der Waals surface area (Å²) in [6.45, 7) is 2.08. The normalized spacial score (nSPS) is 15.4. The summed E-state index contributed by atoms with van der Waals surface area (Å²) in [7, 11) is 0. The Kier molecular flexibility index (Phi) is 3.93. The van der Waals surface area contributed by atoms with Gasteiger partial charge in [-0.2, -0.15) is 0 Å². The van der Waals surface area contributed by atoms with Gasteiger partial charge in [0.15, 0.2) is 0 Å². The number of aryl methyl sites for hydroxylation is 1. The highest BCUT2D eigenvalue weighted by Gasteiger charge is 2.24. The Morgan fingerprint density at radius 2 is 1.94 bits per heavy atom. The van der Waals surface area contributed by atoms with Crippen molar-refractivity contribution in [2.45, 2.75) is 11.8 Å². The smallest absolute Gasteiger partial charge is 0.351 e. The van der Waals surface area contributed by atoms with Crippen LogP contribution >= 0.6 is 46.6 Å². The van der Waals surface area contributed by atoms with E-state index in [1.54, 1.807) is 6.07 Å². The molecule has 1 heterocycles. The molecule has 0 amide bonds. The number of ether oxygens (including phenoxy) is 1. The highest BCUT2D eigenvalue weighted by Crippen LogP contribution is 2.39. The van der Waals surface area contributed by atoms with Crippen molar-refractivity contribution in [3.05, 3.63) is 37.7 Å². The average Bonchev–Trinajstić information content (AvgIpc) is 2.58. The first-order valence-electron chi connectivity index (χ1n) is 4.68. The van der Waals surface area contributed by atoms with Gasteiger partial charge in [0.25, 0.3) is 0 Å². The second kappa shape index (κ2) is 5.11. The molecule has 0 fully saturated rings. The lowest BCUT2D eigenvalue weighted by Crippen LogP contribution is -1.93. The fourth-order valence-corrected chi connectivity index (χ4v) is 2.96. The summed E-state index contributed by atoms with van der Waals surface area (Å²) in [6, 6.07) is 3.53. The highest BCUT2D eigenvalue weighted by atomic mass is 35.5. The van der Waals surface area contributed by atoms with E-state index in [1.807, 2.05) is 13.0 Å². The van der Waals surface area contributed by atoms with Crippen LogP contribution in [0.25, 0.3) is 0 Å². The molecule has 0 atom stereocenters. The van der Waals surface area contributed by atoms with E-state index < -0.39 is 5.97 Å². The topological polar surface area (TPSA) is 26.3 Å². The van der Waals surface area contributed by atoms with Crippen molar-refractivity contribution in [1.29, 1.82) is 0 Å². The third-order valence-corrected chi connectivity index (χ3v) is 4.66. The van der Waals surface area contributed by atoms with Gasteiger partial charge in [0, 0.05) is 9.92 Å². The fourth-order valence-electron chi connectivity index (χ4n) is 1.29. The number of esters is 1. The maximum atomic E-state index is 11.1. The summed E-state index contributed by atoms with van der Waals surface area (Å²) >= 11 is 19.2. The Labute approximate surface area is 118 Å². The van der Waals surface area contributed by atoms with Crippen molar-refractivity contribution in [3.63, 3.8) is 0 Å². The van der Waals surface area contributed by atoms with Crippen LogP contribution in [0.5, 0.6) is 0 Å². The molecule has 17 heavy (non-hydrogen) atoms. The van der Waals surface area contributed by atoms with E-state index in [9.17, 15) is 4.79 Å². The molecule has 2 nitrogen and oxygen atoms in total. The summed E-state index contributed by atoms with van der Waals surface area (Å²) in [5, 5.41) is 1.26. The third kappa shape index (κ3) is 2.74. The molecular formula is C11H7Cl3O2S. The molecule has 0 spiro atoms. The molecule has 0 N–H and O–H groups in total. The summed E-state index contributed by atoms with van der Waals surface area (Å²) in [6.07, 6.45) is 0. The van der Waals surface area contributed by atoms with Crippen molar-refractivity contribution < 1.29 is 9.53 Å². The first-order valence-corrected chi connectivity index (χ1v) is 6.63. The Bertz CT molecular complexity index is 526. The summed E-state index contributed by atoms with van der Waals surface area (Å²) in [5.41, 5.74) is 0.917. The molecule has 0 unspecified atom stereocenters. The number of thioether (sulfide) groups is 1. The number of benzene rings is 1. The van der Waals surface area contributed by atoms with Crippen molar-refractivity contribution in [2.24, 2.45) is 0 Å². The van der Waals surface area contributed by atoms with Gasteiger partial charge in [-0.15, -0.1) is 0 Å². The minimum absolute atomic E-state index is 0.124. The van der Waals surface area contributed by atoms with Gasteiger partial charge in [-0.3, -0.25) is 0 Å². The molecule has 90 valence electrons. The van der Waals surface area contributed by atoms with Crippen molar-refractivity contribution in [3.8, 4) is 0 Å². The predicted octanol–water partition coefficient (Wildman–Crippen LogP) is 4.40. The summed E-state index contributed by atoms with van der Waals surface area (Å²) < 4.78 is 4.81. The molecule has 2 rings (SSSR count). The standard InChI is InChI=1S/C11H7Cl3O2S/c1-5-2-8(7(13)3-6(5)12)17-9-4-16-11(15)10(9)14/h2-3H,4H2,1H3. The van der Waals surface area contributed by atoms with Crippen LogP contribution in [-0.2, 0) is 9.53 Å². The largest absolute Gasteiger partial charge is 0.456 e. The van der Waals surface area contributed by atoms with Crippen molar-refractivity contribution >= 4 is 52.5 Å². The lowest BCUT2D eigenvalue weighted by atomic mass is 10.2. The van der Waals surface area contributed by atoms with Gasteiger partial charge in [-0.25, -0.2) is 4.79 Å². The Hall–Kier alpha value is -0.350.